The highest BCUT2D eigenvalue weighted by molar-refractivity contribution is 7.99. The van der Waals surface area contributed by atoms with Gasteiger partial charge in [0.15, 0.2) is 43.1 Å². The molecule has 0 amide bonds. The van der Waals surface area contributed by atoms with E-state index in [1.807, 2.05) is 30.3 Å². The van der Waals surface area contributed by atoms with E-state index in [-0.39, 0.29) is 28.0 Å². The van der Waals surface area contributed by atoms with E-state index in [0.717, 1.165) is 18.7 Å². The highest BCUT2D eigenvalue weighted by Gasteiger charge is 2.57. The van der Waals surface area contributed by atoms with Crippen LogP contribution in [0.15, 0.2) is 157 Å². The average molecular weight is 935 g/mol. The van der Waals surface area contributed by atoms with Crippen molar-refractivity contribution in [2.75, 3.05) is 12.4 Å². The maximum atomic E-state index is 14.2. The normalized spacial score (nSPS) is 24.5. The number of benzene rings is 5. The molecule has 1 N–H and O–H groups in total. The Kier molecular flexibility index (Phi) is 16.5. The summed E-state index contributed by atoms with van der Waals surface area (Å²) >= 11 is 1.29. The second-order valence-electron chi connectivity index (χ2n) is 15.2. The van der Waals surface area contributed by atoms with Gasteiger partial charge in [-0.25, -0.2) is 19.2 Å². The third-order valence-electron chi connectivity index (χ3n) is 10.4. The van der Waals surface area contributed by atoms with Gasteiger partial charge in [0.25, 0.3) is 0 Å². The van der Waals surface area contributed by atoms with Crippen molar-refractivity contribution in [1.82, 2.24) is 0 Å². The number of carbonyl (C=O) groups is 6. The number of rotatable bonds is 16. The number of aliphatic hydroxyl groups excluding tert-OH is 1. The molecule has 2 aliphatic rings. The summed E-state index contributed by atoms with van der Waals surface area (Å²) in [5.74, 6) is -5.29. The van der Waals surface area contributed by atoms with Crippen LogP contribution >= 0.6 is 11.8 Å². The summed E-state index contributed by atoms with van der Waals surface area (Å²) in [6, 6.07) is 40.6. The lowest BCUT2D eigenvalue weighted by atomic mass is 9.96. The Morgan fingerprint density at radius 1 is 0.463 bits per heavy atom. The standard InChI is InChI=1S/C50H46O16S/c1-30(51)59-41-40(38(29-67-36-26-16-7-17-27-36)61-49(57)43(41)60-31(2)52)66-50-44(65-48(56)35-24-14-6-15-25-35)42(64-47(55)34-22-12-5-13-23-34)39(63-46(54)33-20-10-4-11-21-33)37(62-50)28-58-45(53)32-18-8-3-9-19-32/h3-27,37-44,49-50,57H,28-29H2,1-2H3/t37-,38-,39-,40-,41+,42+,43-,44-,49+,50+/m1/s1. The first-order valence-corrected chi connectivity index (χ1v) is 22.1. The van der Waals surface area contributed by atoms with E-state index in [0.29, 0.717) is 0 Å². The Balaban J connectivity index is 1.35. The van der Waals surface area contributed by atoms with E-state index in [4.69, 9.17) is 42.6 Å². The fourth-order valence-corrected chi connectivity index (χ4v) is 8.30. The molecular formula is C50H46O16S. The number of hydrogen-bond acceptors (Lipinski definition) is 17. The van der Waals surface area contributed by atoms with Crippen molar-refractivity contribution >= 4 is 47.6 Å². The van der Waals surface area contributed by atoms with Crippen LogP contribution in [0.1, 0.15) is 55.3 Å². The molecule has 17 heteroatoms. The molecule has 0 aliphatic carbocycles. The Bertz CT molecular complexity index is 2440. The zero-order valence-corrected chi connectivity index (χ0v) is 36.9. The van der Waals surface area contributed by atoms with Gasteiger partial charge in [-0.1, -0.05) is 91.0 Å². The van der Waals surface area contributed by atoms with E-state index >= 15 is 0 Å². The predicted octanol–water partition coefficient (Wildman–Crippen LogP) is 6.00. The molecule has 0 bridgehead atoms. The van der Waals surface area contributed by atoms with Crippen LogP contribution in [0.3, 0.4) is 0 Å². The highest BCUT2D eigenvalue weighted by atomic mass is 32.2. The zero-order chi connectivity index (χ0) is 47.3. The third kappa shape index (κ3) is 12.7. The Morgan fingerprint density at radius 2 is 0.866 bits per heavy atom. The molecule has 0 radical (unpaired) electrons. The van der Waals surface area contributed by atoms with E-state index in [1.165, 1.54) is 60.3 Å². The third-order valence-corrected chi connectivity index (χ3v) is 11.5. The van der Waals surface area contributed by atoms with Crippen LogP contribution in [0, 0.1) is 0 Å². The second kappa shape index (κ2) is 23.0. The summed E-state index contributed by atoms with van der Waals surface area (Å²) in [4.78, 5) is 81.9. The highest BCUT2D eigenvalue weighted by Crippen LogP contribution is 2.37. The van der Waals surface area contributed by atoms with Crippen LogP contribution < -0.4 is 0 Å². The average Bonchev–Trinajstić information content (AvgIpc) is 3.34. The first kappa shape index (κ1) is 48.1. The smallest absolute Gasteiger partial charge is 0.338 e. The van der Waals surface area contributed by atoms with Gasteiger partial charge >= 0.3 is 35.8 Å². The number of esters is 6. The van der Waals surface area contributed by atoms with Gasteiger partial charge in [0, 0.05) is 24.5 Å². The lowest BCUT2D eigenvalue weighted by Crippen LogP contribution is -2.67. The molecule has 0 saturated carbocycles. The molecule has 0 unspecified atom stereocenters. The van der Waals surface area contributed by atoms with E-state index in [9.17, 15) is 33.9 Å². The molecule has 2 aliphatic heterocycles. The molecule has 10 atom stereocenters. The zero-order valence-electron chi connectivity index (χ0n) is 36.1. The molecule has 2 heterocycles. The van der Waals surface area contributed by atoms with Crippen molar-refractivity contribution in [3.05, 3.63) is 174 Å². The Labute approximate surface area is 389 Å². The van der Waals surface area contributed by atoms with Gasteiger partial charge in [0.05, 0.1) is 22.3 Å². The minimum atomic E-state index is -1.88. The number of ether oxygens (including phenoxy) is 9. The lowest BCUT2D eigenvalue weighted by molar-refractivity contribution is -0.350. The van der Waals surface area contributed by atoms with Crippen LogP contribution in [-0.2, 0) is 52.2 Å². The van der Waals surface area contributed by atoms with Crippen LogP contribution in [0.5, 0.6) is 0 Å². The molecule has 5 aromatic rings. The van der Waals surface area contributed by atoms with Gasteiger partial charge < -0.3 is 47.7 Å². The van der Waals surface area contributed by atoms with Gasteiger partial charge in [-0.15, -0.1) is 11.8 Å². The maximum absolute atomic E-state index is 14.2. The van der Waals surface area contributed by atoms with Gasteiger partial charge in [0.2, 0.25) is 0 Å². The molecule has 2 fully saturated rings. The largest absolute Gasteiger partial charge is 0.459 e. The molecule has 0 spiro atoms. The van der Waals surface area contributed by atoms with Gasteiger partial charge in [-0.2, -0.15) is 0 Å². The first-order chi connectivity index (χ1) is 32.4. The second-order valence-corrected chi connectivity index (χ2v) is 16.2. The number of carbonyl (C=O) groups excluding carboxylic acids is 6. The molecule has 0 aromatic heterocycles. The quantitative estimate of drug-likeness (QED) is 0.0684. The summed E-state index contributed by atoms with van der Waals surface area (Å²) in [7, 11) is 0. The summed E-state index contributed by atoms with van der Waals surface area (Å²) in [5, 5.41) is 11.3. The molecule has 7 rings (SSSR count). The topological polar surface area (TPSA) is 206 Å². The van der Waals surface area contributed by atoms with Crippen molar-refractivity contribution in [1.29, 1.82) is 0 Å². The summed E-state index contributed by atoms with van der Waals surface area (Å²) in [6.07, 6.45) is -16.6. The van der Waals surface area contributed by atoms with Crippen molar-refractivity contribution in [2.45, 2.75) is 80.2 Å². The summed E-state index contributed by atoms with van der Waals surface area (Å²) in [6.45, 7) is 1.52. The Morgan fingerprint density at radius 3 is 1.34 bits per heavy atom. The van der Waals surface area contributed by atoms with Crippen LogP contribution in [0.25, 0.3) is 0 Å². The molecule has 348 valence electrons. The SMILES string of the molecule is CC(=O)O[C@@H]1[C@@H](OC(C)=O)[C@@H](O)O[C@H](CSc2ccccc2)[C@H]1O[C@@H]1O[C@H](COC(=O)c2ccccc2)[C@@H](OC(=O)c2ccccc2)[C@H](OC(=O)c2ccccc2)[C@H]1OC(=O)c1ccccc1. The van der Waals surface area contributed by atoms with Crippen molar-refractivity contribution < 1.29 is 76.5 Å². The monoisotopic (exact) mass is 934 g/mol. The van der Waals surface area contributed by atoms with Crippen molar-refractivity contribution in [2.24, 2.45) is 0 Å². The van der Waals surface area contributed by atoms with Crippen LogP contribution in [0.4, 0.5) is 0 Å². The fraction of sp³-hybridized carbons (Fsp3) is 0.280. The van der Waals surface area contributed by atoms with Crippen LogP contribution in [-0.4, -0.2) is 115 Å². The molecule has 5 aromatic carbocycles. The number of aliphatic hydroxyl groups is 1. The van der Waals surface area contributed by atoms with Gasteiger partial charge in [-0.05, 0) is 60.7 Å². The Hall–Kier alpha value is -6.89. The van der Waals surface area contributed by atoms with Crippen molar-refractivity contribution in [3.63, 3.8) is 0 Å². The molecule has 67 heavy (non-hydrogen) atoms. The minimum absolute atomic E-state index is 0.0271. The van der Waals surface area contributed by atoms with Crippen LogP contribution in [0.2, 0.25) is 0 Å². The van der Waals surface area contributed by atoms with E-state index < -0.39 is 104 Å². The van der Waals surface area contributed by atoms with E-state index in [1.54, 1.807) is 72.8 Å². The fourth-order valence-electron chi connectivity index (χ4n) is 7.32. The molecular weight excluding hydrogens is 889 g/mol. The maximum Gasteiger partial charge on any atom is 0.338 e. The molecule has 16 nitrogen and oxygen atoms in total. The lowest BCUT2D eigenvalue weighted by Gasteiger charge is -2.48. The van der Waals surface area contributed by atoms with Gasteiger partial charge in [-0.3, -0.25) is 9.59 Å². The summed E-state index contributed by atoms with van der Waals surface area (Å²) in [5.41, 5.74) is 0.374. The predicted molar refractivity (Wildman–Crippen MR) is 236 cm³/mol. The number of thioether (sulfide) groups is 1. The first-order valence-electron chi connectivity index (χ1n) is 21.1. The number of hydrogen-bond donors (Lipinski definition) is 1. The van der Waals surface area contributed by atoms with Gasteiger partial charge in [0.1, 0.15) is 24.9 Å². The minimum Gasteiger partial charge on any atom is -0.459 e. The van der Waals surface area contributed by atoms with E-state index in [2.05, 4.69) is 0 Å². The van der Waals surface area contributed by atoms with Crippen molar-refractivity contribution in [3.8, 4) is 0 Å². The molecule has 2 saturated heterocycles. The summed E-state index contributed by atoms with van der Waals surface area (Å²) < 4.78 is 54.9.